The molecule has 0 bridgehead atoms. The van der Waals surface area contributed by atoms with Gasteiger partial charge in [0.25, 0.3) is 0 Å². The largest absolute Gasteiger partial charge is 0.311 e. The Hall–Kier alpha value is -0.240. The highest BCUT2D eigenvalue weighted by molar-refractivity contribution is 6.34. The third-order valence-corrected chi connectivity index (χ3v) is 2.65. The van der Waals surface area contributed by atoms with Gasteiger partial charge in [-0.2, -0.15) is 0 Å². The van der Waals surface area contributed by atoms with Gasteiger partial charge >= 0.3 is 0 Å². The van der Waals surface area contributed by atoms with Crippen molar-refractivity contribution in [1.82, 2.24) is 5.32 Å². The summed E-state index contributed by atoms with van der Waals surface area (Å²) in [6.07, 6.45) is 0. The van der Waals surface area contributed by atoms with Gasteiger partial charge in [-0.1, -0.05) is 23.2 Å². The molecule has 0 amide bonds. The molecule has 1 rings (SSSR count). The van der Waals surface area contributed by atoms with Crippen LogP contribution in [-0.4, -0.2) is 7.05 Å². The Bertz CT molecular complexity index is 288. The molecule has 0 unspecified atom stereocenters. The number of rotatable bonds is 2. The molecule has 0 fully saturated rings. The lowest BCUT2D eigenvalue weighted by atomic mass is 9.95. The van der Waals surface area contributed by atoms with Crippen molar-refractivity contribution in [3.8, 4) is 0 Å². The van der Waals surface area contributed by atoms with E-state index >= 15 is 0 Å². The highest BCUT2D eigenvalue weighted by Crippen LogP contribution is 2.26. The van der Waals surface area contributed by atoms with Crippen molar-refractivity contribution in [2.45, 2.75) is 19.4 Å². The third-order valence-electron chi connectivity index (χ3n) is 2.21. The van der Waals surface area contributed by atoms with Gasteiger partial charge in [0.15, 0.2) is 0 Å². The maximum absolute atomic E-state index is 5.90. The minimum absolute atomic E-state index is 0.103. The molecule has 0 heterocycles. The van der Waals surface area contributed by atoms with Crippen LogP contribution in [0.15, 0.2) is 18.2 Å². The second kappa shape index (κ2) is 3.87. The molecule has 72 valence electrons. The molecule has 3 heteroatoms. The molecule has 0 aliphatic rings. The van der Waals surface area contributed by atoms with Crippen LogP contribution < -0.4 is 5.32 Å². The first-order chi connectivity index (χ1) is 5.95. The maximum atomic E-state index is 5.90. The lowest BCUT2D eigenvalue weighted by molar-refractivity contribution is 0.445. The first-order valence-electron chi connectivity index (χ1n) is 4.11. The number of halogens is 2. The van der Waals surface area contributed by atoms with Gasteiger partial charge in [-0.25, -0.2) is 0 Å². The molecule has 1 aromatic rings. The Balaban J connectivity index is 3.15. The molecule has 0 aliphatic heterocycles. The van der Waals surface area contributed by atoms with Gasteiger partial charge in [-0.15, -0.1) is 0 Å². The van der Waals surface area contributed by atoms with Crippen LogP contribution in [0.5, 0.6) is 0 Å². The number of hydrogen-bond donors (Lipinski definition) is 1. The molecule has 1 N–H and O–H groups in total. The summed E-state index contributed by atoms with van der Waals surface area (Å²) in [5.41, 5.74) is 0.988. The van der Waals surface area contributed by atoms with Crippen LogP contribution in [0.3, 0.4) is 0 Å². The Morgan fingerprint density at radius 2 is 1.54 bits per heavy atom. The molecule has 0 saturated carbocycles. The van der Waals surface area contributed by atoms with E-state index in [0.29, 0.717) is 10.0 Å². The Kier molecular flexibility index (Phi) is 3.23. The van der Waals surface area contributed by atoms with Gasteiger partial charge in [-0.3, -0.25) is 0 Å². The minimum atomic E-state index is -0.103. The lowest BCUT2D eigenvalue weighted by Crippen LogP contribution is -2.33. The Labute approximate surface area is 89.0 Å². The number of nitrogens with one attached hydrogen (secondary N) is 1. The van der Waals surface area contributed by atoms with E-state index in [1.54, 1.807) is 6.07 Å². The molecular formula is C10H13Cl2N. The second-order valence-electron chi connectivity index (χ2n) is 3.53. The average molecular weight is 218 g/mol. The molecular weight excluding hydrogens is 205 g/mol. The molecule has 0 atom stereocenters. The van der Waals surface area contributed by atoms with E-state index in [1.165, 1.54) is 0 Å². The fourth-order valence-electron chi connectivity index (χ4n) is 1.06. The number of benzene rings is 1. The van der Waals surface area contributed by atoms with Crippen molar-refractivity contribution >= 4 is 23.2 Å². The fourth-order valence-corrected chi connectivity index (χ4v) is 1.59. The smallest absolute Gasteiger partial charge is 0.0424 e. The molecule has 1 nitrogen and oxygen atoms in total. The van der Waals surface area contributed by atoms with Crippen molar-refractivity contribution in [3.63, 3.8) is 0 Å². The lowest BCUT2D eigenvalue weighted by Gasteiger charge is -2.25. The molecule has 0 aliphatic carbocycles. The summed E-state index contributed by atoms with van der Waals surface area (Å²) >= 11 is 11.8. The fraction of sp³-hybridized carbons (Fsp3) is 0.400. The topological polar surface area (TPSA) is 12.0 Å². The average Bonchev–Trinajstić information content (AvgIpc) is 2.02. The van der Waals surface area contributed by atoms with Crippen molar-refractivity contribution in [2.75, 3.05) is 7.05 Å². The van der Waals surface area contributed by atoms with Crippen LogP contribution in [-0.2, 0) is 5.54 Å². The van der Waals surface area contributed by atoms with Crippen molar-refractivity contribution in [3.05, 3.63) is 33.8 Å². The summed E-state index contributed by atoms with van der Waals surface area (Å²) in [6, 6.07) is 5.58. The summed E-state index contributed by atoms with van der Waals surface area (Å²) in [6.45, 7) is 4.16. The molecule has 0 aromatic heterocycles. The zero-order chi connectivity index (χ0) is 10.1. The highest BCUT2D eigenvalue weighted by atomic mass is 35.5. The van der Waals surface area contributed by atoms with Gasteiger partial charge < -0.3 is 5.32 Å². The van der Waals surface area contributed by atoms with E-state index < -0.39 is 0 Å². The number of hydrogen-bond acceptors (Lipinski definition) is 1. The standard InChI is InChI=1S/C10H13Cl2N/c1-10(2,13-3)7-4-8(11)6-9(12)5-7/h4-6,13H,1-3H3. The van der Waals surface area contributed by atoms with E-state index in [0.717, 1.165) is 5.56 Å². The SMILES string of the molecule is CNC(C)(C)c1cc(Cl)cc(Cl)c1. The minimum Gasteiger partial charge on any atom is -0.311 e. The van der Waals surface area contributed by atoms with Crippen molar-refractivity contribution in [2.24, 2.45) is 0 Å². The van der Waals surface area contributed by atoms with Gasteiger partial charge in [0.2, 0.25) is 0 Å². The van der Waals surface area contributed by atoms with Crippen LogP contribution in [0.2, 0.25) is 10.0 Å². The Morgan fingerprint density at radius 1 is 1.08 bits per heavy atom. The first-order valence-corrected chi connectivity index (χ1v) is 4.87. The van der Waals surface area contributed by atoms with Gasteiger partial charge in [0.05, 0.1) is 0 Å². The van der Waals surface area contributed by atoms with Gasteiger partial charge in [0.1, 0.15) is 0 Å². The van der Waals surface area contributed by atoms with E-state index in [1.807, 2.05) is 19.2 Å². The summed E-state index contributed by atoms with van der Waals surface area (Å²) in [5, 5.41) is 4.54. The normalized spacial score (nSPS) is 11.8. The predicted molar refractivity (Wildman–Crippen MR) is 58.5 cm³/mol. The van der Waals surface area contributed by atoms with Gasteiger partial charge in [-0.05, 0) is 44.7 Å². The zero-order valence-electron chi connectivity index (χ0n) is 7.99. The molecule has 13 heavy (non-hydrogen) atoms. The van der Waals surface area contributed by atoms with E-state index in [9.17, 15) is 0 Å². The van der Waals surface area contributed by atoms with Crippen LogP contribution in [0.25, 0.3) is 0 Å². The van der Waals surface area contributed by atoms with E-state index in [2.05, 4.69) is 19.2 Å². The summed E-state index contributed by atoms with van der Waals surface area (Å²) in [7, 11) is 1.91. The molecule has 0 radical (unpaired) electrons. The van der Waals surface area contributed by atoms with Crippen LogP contribution in [0.1, 0.15) is 19.4 Å². The molecule has 0 spiro atoms. The monoisotopic (exact) mass is 217 g/mol. The van der Waals surface area contributed by atoms with Crippen molar-refractivity contribution in [1.29, 1.82) is 0 Å². The third kappa shape index (κ3) is 2.60. The first kappa shape index (κ1) is 10.8. The van der Waals surface area contributed by atoms with Crippen molar-refractivity contribution < 1.29 is 0 Å². The summed E-state index contributed by atoms with van der Waals surface area (Å²) in [4.78, 5) is 0. The zero-order valence-corrected chi connectivity index (χ0v) is 9.50. The maximum Gasteiger partial charge on any atom is 0.0424 e. The van der Waals surface area contributed by atoms with Crippen LogP contribution in [0, 0.1) is 0 Å². The van der Waals surface area contributed by atoms with E-state index in [4.69, 9.17) is 23.2 Å². The summed E-state index contributed by atoms with van der Waals surface area (Å²) < 4.78 is 0. The molecule has 1 aromatic carbocycles. The van der Waals surface area contributed by atoms with Crippen LogP contribution >= 0.6 is 23.2 Å². The quantitative estimate of drug-likeness (QED) is 0.801. The predicted octanol–water partition coefficient (Wildman–Crippen LogP) is 3.45. The Morgan fingerprint density at radius 3 is 1.92 bits per heavy atom. The molecule has 0 saturated heterocycles. The second-order valence-corrected chi connectivity index (χ2v) is 4.41. The van der Waals surface area contributed by atoms with Crippen LogP contribution in [0.4, 0.5) is 0 Å². The van der Waals surface area contributed by atoms with E-state index in [-0.39, 0.29) is 5.54 Å². The van der Waals surface area contributed by atoms with Gasteiger partial charge in [0, 0.05) is 15.6 Å². The highest BCUT2D eigenvalue weighted by Gasteiger charge is 2.18. The summed E-state index contributed by atoms with van der Waals surface area (Å²) in [5.74, 6) is 0.